The number of hydrogen-bond acceptors (Lipinski definition) is 3. The Kier molecular flexibility index (Phi) is 6.25. The highest BCUT2D eigenvalue weighted by Crippen LogP contribution is 1.70. The van der Waals surface area contributed by atoms with Crippen molar-refractivity contribution in [3.8, 4) is 0 Å². The molecule has 0 amide bonds. The zero-order valence-electron chi connectivity index (χ0n) is 3.70. The van der Waals surface area contributed by atoms with E-state index in [1.807, 2.05) is 0 Å². The first-order chi connectivity index (χ1) is 2.89. The smallest absolute Gasteiger partial charge is 0.399 e. The van der Waals surface area contributed by atoms with E-state index in [1.54, 1.807) is 0 Å². The molecule has 0 fully saturated rings. The molecule has 0 N–H and O–H groups in total. The van der Waals surface area contributed by atoms with E-state index >= 15 is 0 Å². The minimum absolute atomic E-state index is 0. The van der Waals surface area contributed by atoms with E-state index in [1.165, 1.54) is 12.5 Å². The van der Waals surface area contributed by atoms with Gasteiger partial charge in [0.05, 0.1) is 0 Å². The largest absolute Gasteiger partial charge is 0.518 e. The lowest BCUT2D eigenvalue weighted by molar-refractivity contribution is 0.385. The van der Waals surface area contributed by atoms with E-state index in [0.29, 0.717) is 0 Å². The molecule has 0 radical (unpaired) electrons. The molecule has 0 aromatic carbocycles. The molecule has 0 aliphatic heterocycles. The van der Waals surface area contributed by atoms with Crippen LogP contribution in [0, 0.1) is 0 Å². The van der Waals surface area contributed by atoms with Gasteiger partial charge in [0.2, 0.25) is 0 Å². The molecule has 8 heavy (non-hydrogen) atoms. The molecule has 1 rings (SSSR count). The van der Waals surface area contributed by atoms with Crippen LogP contribution in [0.5, 0.6) is 0 Å². The van der Waals surface area contributed by atoms with Crippen LogP contribution in [-0.4, -0.2) is 0 Å². The maximum atomic E-state index is 9.74. The molecule has 0 atom stereocenters. The van der Waals surface area contributed by atoms with Gasteiger partial charge in [-0.25, -0.2) is 4.79 Å². The summed E-state index contributed by atoms with van der Waals surface area (Å²) in [4.78, 5) is 9.74. The number of hydrogen-bond donors (Lipinski definition) is 0. The normalized spacial score (nSPS) is 6.50. The van der Waals surface area contributed by atoms with Crippen molar-refractivity contribution in [3.05, 3.63) is 23.1 Å². The van der Waals surface area contributed by atoms with Crippen LogP contribution in [0.25, 0.3) is 0 Å². The van der Waals surface area contributed by atoms with E-state index in [2.05, 4.69) is 8.83 Å². The second-order valence-electron chi connectivity index (χ2n) is 0.758. The van der Waals surface area contributed by atoms with Gasteiger partial charge in [-0.15, -0.1) is 24.8 Å². The SMILES string of the molecule is Cl.Cl.O=c1occo1. The van der Waals surface area contributed by atoms with E-state index < -0.39 is 5.82 Å². The topological polar surface area (TPSA) is 43.4 Å². The van der Waals surface area contributed by atoms with Crippen molar-refractivity contribution in [3.63, 3.8) is 0 Å². The van der Waals surface area contributed by atoms with Crippen LogP contribution in [0.4, 0.5) is 0 Å². The molecule has 0 saturated carbocycles. The Labute approximate surface area is 57.5 Å². The molecule has 5 heteroatoms. The molecule has 1 aromatic heterocycles. The quantitative estimate of drug-likeness (QED) is 0.568. The summed E-state index contributed by atoms with van der Waals surface area (Å²) in [5.41, 5.74) is 0. The highest BCUT2D eigenvalue weighted by molar-refractivity contribution is 5.85. The predicted octanol–water partition coefficient (Wildman–Crippen LogP) is 1.08. The summed E-state index contributed by atoms with van der Waals surface area (Å²) in [5, 5.41) is 0. The summed E-state index contributed by atoms with van der Waals surface area (Å²) in [6, 6.07) is 0. The Bertz CT molecular complexity index is 150. The van der Waals surface area contributed by atoms with Gasteiger partial charge >= 0.3 is 5.82 Å². The fourth-order valence-corrected chi connectivity index (χ4v) is 0.194. The molecular formula is C3H4Cl2O3. The Balaban J connectivity index is 0. The third-order valence-corrected chi connectivity index (χ3v) is 0.384. The summed E-state index contributed by atoms with van der Waals surface area (Å²) >= 11 is 0. The zero-order chi connectivity index (χ0) is 4.41. The van der Waals surface area contributed by atoms with Gasteiger partial charge in [-0.2, -0.15) is 0 Å². The summed E-state index contributed by atoms with van der Waals surface area (Å²) < 4.78 is 8.22. The van der Waals surface area contributed by atoms with Crippen LogP contribution in [0.2, 0.25) is 0 Å². The third kappa shape index (κ3) is 2.71. The maximum Gasteiger partial charge on any atom is 0.518 e. The Hall–Kier alpha value is -0.410. The van der Waals surface area contributed by atoms with Gasteiger partial charge in [0.1, 0.15) is 12.5 Å². The second kappa shape index (κ2) is 4.74. The van der Waals surface area contributed by atoms with Gasteiger partial charge in [0, 0.05) is 0 Å². The van der Waals surface area contributed by atoms with Crippen LogP contribution >= 0.6 is 24.8 Å². The molecule has 48 valence electrons. The first-order valence-electron chi connectivity index (χ1n) is 1.42. The van der Waals surface area contributed by atoms with Gasteiger partial charge in [-0.1, -0.05) is 0 Å². The summed E-state index contributed by atoms with van der Waals surface area (Å²) in [6.45, 7) is 0. The van der Waals surface area contributed by atoms with Crippen LogP contribution < -0.4 is 5.82 Å². The number of halogens is 2. The molecule has 0 aliphatic rings. The van der Waals surface area contributed by atoms with Gasteiger partial charge < -0.3 is 8.83 Å². The molecule has 0 unspecified atom stereocenters. The lowest BCUT2D eigenvalue weighted by Crippen LogP contribution is -1.83. The van der Waals surface area contributed by atoms with Gasteiger partial charge in [0.25, 0.3) is 0 Å². The third-order valence-electron chi connectivity index (χ3n) is 0.384. The van der Waals surface area contributed by atoms with E-state index in [-0.39, 0.29) is 24.8 Å². The van der Waals surface area contributed by atoms with Crippen molar-refractivity contribution in [2.45, 2.75) is 0 Å². The highest BCUT2D eigenvalue weighted by atomic mass is 35.5. The summed E-state index contributed by atoms with van der Waals surface area (Å²) in [7, 11) is 0. The van der Waals surface area contributed by atoms with E-state index in [4.69, 9.17) is 0 Å². The second-order valence-corrected chi connectivity index (χ2v) is 0.758. The number of rotatable bonds is 0. The molecule has 3 nitrogen and oxygen atoms in total. The van der Waals surface area contributed by atoms with Crippen molar-refractivity contribution in [1.29, 1.82) is 0 Å². The van der Waals surface area contributed by atoms with Crippen molar-refractivity contribution in [2.75, 3.05) is 0 Å². The van der Waals surface area contributed by atoms with Crippen LogP contribution in [-0.2, 0) is 0 Å². The Morgan fingerprint density at radius 2 is 1.50 bits per heavy atom. The summed E-state index contributed by atoms with van der Waals surface area (Å²) in [5.74, 6) is -0.657. The maximum absolute atomic E-state index is 9.74. The van der Waals surface area contributed by atoms with Crippen molar-refractivity contribution >= 4 is 24.8 Å². The summed E-state index contributed by atoms with van der Waals surface area (Å²) in [6.07, 6.45) is 2.37. The molecule has 1 heterocycles. The minimum atomic E-state index is -0.657. The van der Waals surface area contributed by atoms with Gasteiger partial charge in [-0.3, -0.25) is 0 Å². The first-order valence-corrected chi connectivity index (χ1v) is 1.42. The highest BCUT2D eigenvalue weighted by Gasteiger charge is 1.77. The fourth-order valence-electron chi connectivity index (χ4n) is 0.194. The molecule has 0 saturated heterocycles. The first kappa shape index (κ1) is 10.5. The standard InChI is InChI=1S/C3H2O3.2ClH/c4-3-5-1-2-6-3;;/h1-2H;2*1H. The zero-order valence-corrected chi connectivity index (χ0v) is 5.33. The average Bonchev–Trinajstić information content (AvgIpc) is 1.86. The Morgan fingerprint density at radius 3 is 1.62 bits per heavy atom. The van der Waals surface area contributed by atoms with Crippen LogP contribution in [0.15, 0.2) is 26.2 Å². The van der Waals surface area contributed by atoms with Gasteiger partial charge in [-0.05, 0) is 0 Å². The van der Waals surface area contributed by atoms with Crippen molar-refractivity contribution in [2.24, 2.45) is 0 Å². The average molecular weight is 159 g/mol. The van der Waals surface area contributed by atoms with Gasteiger partial charge in [0.15, 0.2) is 0 Å². The fraction of sp³-hybridized carbons (Fsp3) is 0. The van der Waals surface area contributed by atoms with Crippen LogP contribution in [0.1, 0.15) is 0 Å². The van der Waals surface area contributed by atoms with Crippen molar-refractivity contribution < 1.29 is 8.83 Å². The predicted molar refractivity (Wildman–Crippen MR) is 31.7 cm³/mol. The lowest BCUT2D eigenvalue weighted by Gasteiger charge is -1.49. The van der Waals surface area contributed by atoms with E-state index in [0.717, 1.165) is 0 Å². The Morgan fingerprint density at radius 1 is 1.12 bits per heavy atom. The monoisotopic (exact) mass is 158 g/mol. The lowest BCUT2D eigenvalue weighted by atomic mass is 11.1. The molecule has 0 spiro atoms. The molecule has 0 bridgehead atoms. The molecule has 1 aromatic rings. The molecular weight excluding hydrogens is 155 g/mol. The molecule has 0 aliphatic carbocycles. The van der Waals surface area contributed by atoms with E-state index in [9.17, 15) is 4.79 Å². The van der Waals surface area contributed by atoms with Crippen LogP contribution in [0.3, 0.4) is 0 Å². The minimum Gasteiger partial charge on any atom is -0.399 e. The van der Waals surface area contributed by atoms with Crippen molar-refractivity contribution in [1.82, 2.24) is 0 Å².